The van der Waals surface area contributed by atoms with Crippen molar-refractivity contribution in [2.45, 2.75) is 10.4 Å². The molecule has 1 atom stereocenters. The molecule has 0 aliphatic heterocycles. The van der Waals surface area contributed by atoms with Crippen molar-refractivity contribution in [3.63, 3.8) is 0 Å². The van der Waals surface area contributed by atoms with E-state index < -0.39 is 11.2 Å². The summed E-state index contributed by atoms with van der Waals surface area (Å²) in [5.74, 6) is -0.533. The number of aromatic nitrogens is 2. The Bertz CT molecular complexity index is 1290. The van der Waals surface area contributed by atoms with Crippen molar-refractivity contribution in [2.24, 2.45) is 5.73 Å². The molecular formula is C22H15Cl2N3O2S. The second kappa shape index (κ2) is 8.52. The van der Waals surface area contributed by atoms with Crippen LogP contribution in [0.3, 0.4) is 0 Å². The number of thioether (sulfide) groups is 1. The molecule has 2 N–H and O–H groups in total. The molecule has 4 aromatic rings. The molecule has 4 rings (SSSR count). The average Bonchev–Trinajstić information content (AvgIpc) is 2.73. The molecule has 0 aliphatic carbocycles. The second-order valence-electron chi connectivity index (χ2n) is 6.48. The summed E-state index contributed by atoms with van der Waals surface area (Å²) in [6, 6.07) is 20.8. The minimum absolute atomic E-state index is 0.280. The Kier molecular flexibility index (Phi) is 5.81. The zero-order valence-electron chi connectivity index (χ0n) is 15.5. The maximum absolute atomic E-state index is 13.4. The highest BCUT2D eigenvalue weighted by atomic mass is 35.5. The lowest BCUT2D eigenvalue weighted by Crippen LogP contribution is -2.24. The Balaban J connectivity index is 1.94. The lowest BCUT2D eigenvalue weighted by molar-refractivity contribution is -0.117. The third-order valence-electron chi connectivity index (χ3n) is 4.47. The van der Waals surface area contributed by atoms with Crippen LogP contribution in [-0.2, 0) is 4.79 Å². The molecule has 30 heavy (non-hydrogen) atoms. The first kappa shape index (κ1) is 20.5. The summed E-state index contributed by atoms with van der Waals surface area (Å²) in [5.41, 5.74) is 7.14. The fraction of sp³-hybridized carbons (Fsp3) is 0.0455. The average molecular weight is 456 g/mol. The van der Waals surface area contributed by atoms with Gasteiger partial charge in [0.05, 0.1) is 16.6 Å². The Morgan fingerprint density at radius 3 is 2.30 bits per heavy atom. The molecule has 1 heterocycles. The number of carbonyl (C=O) groups excluding carboxylic acids is 1. The highest BCUT2D eigenvalue weighted by Gasteiger charge is 2.23. The van der Waals surface area contributed by atoms with Crippen molar-refractivity contribution >= 4 is 51.8 Å². The topological polar surface area (TPSA) is 78.0 Å². The number of benzene rings is 3. The summed E-state index contributed by atoms with van der Waals surface area (Å²) >= 11 is 13.2. The van der Waals surface area contributed by atoms with Crippen LogP contribution in [0.15, 0.2) is 82.7 Å². The van der Waals surface area contributed by atoms with Crippen molar-refractivity contribution < 1.29 is 4.79 Å². The Morgan fingerprint density at radius 2 is 1.63 bits per heavy atom. The molecule has 1 aromatic heterocycles. The molecule has 0 bridgehead atoms. The van der Waals surface area contributed by atoms with Crippen molar-refractivity contribution in [1.29, 1.82) is 0 Å². The van der Waals surface area contributed by atoms with E-state index in [4.69, 9.17) is 28.9 Å². The minimum atomic E-state index is -0.728. The molecule has 0 spiro atoms. The Labute approximate surface area is 186 Å². The number of nitrogens with two attached hydrogens (primary N) is 1. The van der Waals surface area contributed by atoms with E-state index in [1.165, 1.54) is 4.57 Å². The van der Waals surface area contributed by atoms with E-state index in [0.717, 1.165) is 17.3 Å². The summed E-state index contributed by atoms with van der Waals surface area (Å²) < 4.78 is 1.45. The first-order valence-electron chi connectivity index (χ1n) is 8.93. The van der Waals surface area contributed by atoms with Crippen molar-refractivity contribution in [1.82, 2.24) is 9.55 Å². The monoisotopic (exact) mass is 455 g/mol. The van der Waals surface area contributed by atoms with Crippen LogP contribution in [0.2, 0.25) is 10.0 Å². The molecule has 0 saturated carbocycles. The number of rotatable bonds is 5. The van der Waals surface area contributed by atoms with Gasteiger partial charge in [-0.3, -0.25) is 14.2 Å². The molecular weight excluding hydrogens is 441 g/mol. The number of nitrogens with zero attached hydrogens (tertiary/aromatic N) is 2. The van der Waals surface area contributed by atoms with Gasteiger partial charge in [-0.15, -0.1) is 0 Å². The van der Waals surface area contributed by atoms with E-state index in [0.29, 0.717) is 31.8 Å². The van der Waals surface area contributed by atoms with Gasteiger partial charge in [0.25, 0.3) is 5.56 Å². The summed E-state index contributed by atoms with van der Waals surface area (Å²) in [6.45, 7) is 0. The molecule has 150 valence electrons. The molecule has 1 amide bonds. The lowest BCUT2D eigenvalue weighted by atomic mass is 10.1. The van der Waals surface area contributed by atoms with Crippen LogP contribution in [0.5, 0.6) is 0 Å². The zero-order chi connectivity index (χ0) is 21.3. The predicted octanol–water partition coefficient (Wildman–Crippen LogP) is 5.01. The molecule has 5 nitrogen and oxygen atoms in total. The van der Waals surface area contributed by atoms with E-state index in [1.807, 2.05) is 30.3 Å². The van der Waals surface area contributed by atoms with E-state index in [2.05, 4.69) is 4.98 Å². The summed E-state index contributed by atoms with van der Waals surface area (Å²) in [4.78, 5) is 30.2. The minimum Gasteiger partial charge on any atom is -0.368 e. The Hall–Kier alpha value is -2.80. The van der Waals surface area contributed by atoms with Crippen molar-refractivity contribution in [2.75, 3.05) is 0 Å². The molecule has 0 radical (unpaired) electrons. The van der Waals surface area contributed by atoms with E-state index in [1.54, 1.807) is 42.5 Å². The zero-order valence-corrected chi connectivity index (χ0v) is 17.8. The maximum atomic E-state index is 13.4. The highest BCUT2D eigenvalue weighted by molar-refractivity contribution is 8.00. The number of primary amides is 1. The normalized spacial score (nSPS) is 12.1. The van der Waals surface area contributed by atoms with Crippen molar-refractivity contribution in [3.05, 3.63) is 98.8 Å². The Morgan fingerprint density at radius 1 is 0.967 bits per heavy atom. The van der Waals surface area contributed by atoms with Crippen LogP contribution in [0, 0.1) is 0 Å². The molecule has 0 aliphatic rings. The standard InChI is InChI=1S/C22H15Cl2N3O2S/c23-14-6-9-16(10-7-14)27-21(29)17-11-8-15(24)12-18(17)26-22(27)30-19(20(25)28)13-4-2-1-3-5-13/h1-12,19H,(H2,25,28). The number of carbonyl (C=O) groups is 1. The fourth-order valence-corrected chi connectivity index (χ4v) is 4.42. The number of amides is 1. The number of fused-ring (bicyclic) bond motifs is 1. The molecule has 0 fully saturated rings. The third kappa shape index (κ3) is 4.07. The smallest absolute Gasteiger partial charge is 0.266 e. The lowest BCUT2D eigenvalue weighted by Gasteiger charge is -2.17. The van der Waals surface area contributed by atoms with E-state index in [-0.39, 0.29) is 5.56 Å². The van der Waals surface area contributed by atoms with Gasteiger partial charge in [0.2, 0.25) is 5.91 Å². The van der Waals surface area contributed by atoms with Gasteiger partial charge in [0.15, 0.2) is 5.16 Å². The number of halogens is 2. The van der Waals surface area contributed by atoms with E-state index >= 15 is 0 Å². The summed E-state index contributed by atoms with van der Waals surface area (Å²) in [6.07, 6.45) is 0. The fourth-order valence-electron chi connectivity index (χ4n) is 3.06. The predicted molar refractivity (Wildman–Crippen MR) is 122 cm³/mol. The van der Waals surface area contributed by atoms with Crippen LogP contribution >= 0.6 is 35.0 Å². The summed E-state index contributed by atoms with van der Waals surface area (Å²) in [7, 11) is 0. The first-order valence-corrected chi connectivity index (χ1v) is 10.6. The number of hydrogen-bond acceptors (Lipinski definition) is 4. The molecule has 3 aromatic carbocycles. The molecule has 8 heteroatoms. The van der Waals surface area contributed by atoms with Crippen molar-refractivity contribution in [3.8, 4) is 5.69 Å². The number of hydrogen-bond donors (Lipinski definition) is 1. The quantitative estimate of drug-likeness (QED) is 0.338. The SMILES string of the molecule is NC(=O)C(Sc1nc2cc(Cl)ccc2c(=O)n1-c1ccc(Cl)cc1)c1ccccc1. The van der Waals surface area contributed by atoms with Gasteiger partial charge in [-0.1, -0.05) is 65.3 Å². The van der Waals surface area contributed by atoms with Crippen LogP contribution in [0.1, 0.15) is 10.8 Å². The van der Waals surface area contributed by atoms with Gasteiger partial charge < -0.3 is 5.73 Å². The molecule has 0 saturated heterocycles. The van der Waals surface area contributed by atoms with Crippen LogP contribution < -0.4 is 11.3 Å². The van der Waals surface area contributed by atoms with Gasteiger partial charge >= 0.3 is 0 Å². The van der Waals surface area contributed by atoms with E-state index in [9.17, 15) is 9.59 Å². The summed E-state index contributed by atoms with van der Waals surface area (Å²) in [5, 5.41) is 1.01. The van der Waals surface area contributed by atoms with Gasteiger partial charge in [-0.25, -0.2) is 4.98 Å². The second-order valence-corrected chi connectivity index (χ2v) is 8.43. The highest BCUT2D eigenvalue weighted by Crippen LogP contribution is 2.35. The van der Waals surface area contributed by atoms with Gasteiger partial charge in [0, 0.05) is 10.0 Å². The molecule has 1 unspecified atom stereocenters. The largest absolute Gasteiger partial charge is 0.368 e. The van der Waals surface area contributed by atoms with Crippen LogP contribution in [0.25, 0.3) is 16.6 Å². The third-order valence-corrected chi connectivity index (χ3v) is 6.18. The van der Waals surface area contributed by atoms with Crippen LogP contribution in [0.4, 0.5) is 0 Å². The maximum Gasteiger partial charge on any atom is 0.266 e. The first-order chi connectivity index (χ1) is 14.4. The van der Waals surface area contributed by atoms with Gasteiger partial charge in [0.1, 0.15) is 5.25 Å². The van der Waals surface area contributed by atoms with Crippen LogP contribution in [-0.4, -0.2) is 15.5 Å². The van der Waals surface area contributed by atoms with Gasteiger partial charge in [-0.2, -0.15) is 0 Å². The van der Waals surface area contributed by atoms with Gasteiger partial charge in [-0.05, 0) is 48.0 Å².